The second kappa shape index (κ2) is 8.93. The summed E-state index contributed by atoms with van der Waals surface area (Å²) in [5, 5.41) is 3.51. The first-order chi connectivity index (χ1) is 15.8. The van der Waals surface area contributed by atoms with Gasteiger partial charge in [-0.2, -0.15) is 0 Å². The SMILES string of the molecule is CCCOc1ccc([C@@H]2C3=C(CC(C)(C)CC3=O)Nc3ccccc3N2C(C)=O)cc1OC. The third kappa shape index (κ3) is 4.34. The molecule has 33 heavy (non-hydrogen) atoms. The Bertz CT molecular complexity index is 1120. The molecule has 1 amide bonds. The second-order valence-electron chi connectivity index (χ2n) is 9.53. The van der Waals surface area contributed by atoms with Crippen molar-refractivity contribution in [1.82, 2.24) is 0 Å². The summed E-state index contributed by atoms with van der Waals surface area (Å²) in [6.07, 6.45) is 2.04. The lowest BCUT2D eigenvalue weighted by molar-refractivity contribution is -0.118. The third-order valence-electron chi connectivity index (χ3n) is 6.21. The fraction of sp³-hybridized carbons (Fsp3) is 0.407. The number of rotatable bonds is 5. The minimum Gasteiger partial charge on any atom is -0.493 e. The highest BCUT2D eigenvalue weighted by Crippen LogP contribution is 2.49. The van der Waals surface area contributed by atoms with E-state index in [1.54, 1.807) is 18.9 Å². The van der Waals surface area contributed by atoms with Gasteiger partial charge in [0.05, 0.1) is 31.1 Å². The average Bonchev–Trinajstić information content (AvgIpc) is 2.91. The lowest BCUT2D eigenvalue weighted by atomic mass is 9.73. The molecule has 2 aromatic rings. The van der Waals surface area contributed by atoms with Gasteiger partial charge in [-0.3, -0.25) is 14.5 Å². The maximum Gasteiger partial charge on any atom is 0.224 e. The van der Waals surface area contributed by atoms with E-state index in [9.17, 15) is 9.59 Å². The van der Waals surface area contributed by atoms with E-state index in [4.69, 9.17) is 9.47 Å². The molecule has 1 atom stereocenters. The monoisotopic (exact) mass is 448 g/mol. The Hall–Kier alpha value is -3.28. The molecule has 1 heterocycles. The van der Waals surface area contributed by atoms with Crippen molar-refractivity contribution < 1.29 is 19.1 Å². The molecule has 0 bridgehead atoms. The minimum absolute atomic E-state index is 0.0584. The molecule has 174 valence electrons. The average molecular weight is 449 g/mol. The molecule has 0 saturated heterocycles. The van der Waals surface area contributed by atoms with Crippen molar-refractivity contribution in [3.63, 3.8) is 0 Å². The van der Waals surface area contributed by atoms with E-state index in [1.807, 2.05) is 49.4 Å². The van der Waals surface area contributed by atoms with Gasteiger partial charge in [-0.15, -0.1) is 0 Å². The number of fused-ring (bicyclic) bond motifs is 1. The smallest absolute Gasteiger partial charge is 0.224 e. The van der Waals surface area contributed by atoms with E-state index in [1.165, 1.54) is 0 Å². The van der Waals surface area contributed by atoms with E-state index >= 15 is 0 Å². The molecular formula is C27H32N2O4. The predicted molar refractivity (Wildman–Crippen MR) is 130 cm³/mol. The number of carbonyl (C=O) groups is 2. The number of nitrogens with zero attached hydrogens (tertiary/aromatic N) is 1. The van der Waals surface area contributed by atoms with Crippen molar-refractivity contribution in [2.75, 3.05) is 23.9 Å². The molecule has 1 N–H and O–H groups in total. The molecule has 0 spiro atoms. The number of allylic oxidation sites excluding steroid dienone is 1. The largest absolute Gasteiger partial charge is 0.493 e. The minimum atomic E-state index is -0.564. The molecule has 0 radical (unpaired) electrons. The van der Waals surface area contributed by atoms with Crippen LogP contribution in [0, 0.1) is 5.41 Å². The van der Waals surface area contributed by atoms with Crippen molar-refractivity contribution in [3.8, 4) is 11.5 Å². The Labute approximate surface area is 195 Å². The third-order valence-corrected chi connectivity index (χ3v) is 6.21. The maximum atomic E-state index is 13.6. The molecule has 0 unspecified atom stereocenters. The number of amides is 1. The molecule has 2 aromatic carbocycles. The fourth-order valence-corrected chi connectivity index (χ4v) is 4.84. The van der Waals surface area contributed by atoms with E-state index in [-0.39, 0.29) is 17.1 Å². The van der Waals surface area contributed by atoms with Crippen LogP contribution in [0.3, 0.4) is 0 Å². The van der Waals surface area contributed by atoms with Gasteiger partial charge in [0.2, 0.25) is 5.91 Å². The summed E-state index contributed by atoms with van der Waals surface area (Å²) in [4.78, 5) is 28.4. The van der Waals surface area contributed by atoms with Gasteiger partial charge in [0.25, 0.3) is 0 Å². The second-order valence-corrected chi connectivity index (χ2v) is 9.53. The normalized spacial score (nSPS) is 19.2. The van der Waals surface area contributed by atoms with Gasteiger partial charge in [-0.25, -0.2) is 0 Å². The molecule has 1 aliphatic carbocycles. The van der Waals surface area contributed by atoms with Gasteiger partial charge in [0.15, 0.2) is 17.3 Å². The molecule has 2 aliphatic rings. The zero-order chi connectivity index (χ0) is 23.8. The Morgan fingerprint density at radius 3 is 2.61 bits per heavy atom. The van der Waals surface area contributed by atoms with E-state index in [2.05, 4.69) is 19.2 Å². The van der Waals surface area contributed by atoms with Gasteiger partial charge in [0.1, 0.15) is 0 Å². The number of ether oxygens (including phenoxy) is 2. The zero-order valence-electron chi connectivity index (χ0n) is 20.0. The van der Waals surface area contributed by atoms with Crippen molar-refractivity contribution >= 4 is 23.1 Å². The van der Waals surface area contributed by atoms with Gasteiger partial charge in [-0.1, -0.05) is 39.0 Å². The maximum absolute atomic E-state index is 13.6. The Morgan fingerprint density at radius 1 is 1.15 bits per heavy atom. The lowest BCUT2D eigenvalue weighted by Gasteiger charge is -2.37. The number of methoxy groups -OCH3 is 1. The predicted octanol–water partition coefficient (Wildman–Crippen LogP) is 5.65. The number of para-hydroxylation sites is 2. The number of benzene rings is 2. The Kier molecular flexibility index (Phi) is 6.19. The first kappa shape index (κ1) is 22.9. The number of Topliss-reactive ketones (excluding diaryl/α,β-unsaturated/α-hetero) is 1. The summed E-state index contributed by atoms with van der Waals surface area (Å²) < 4.78 is 11.5. The first-order valence-corrected chi connectivity index (χ1v) is 11.5. The topological polar surface area (TPSA) is 67.9 Å². The van der Waals surface area contributed by atoms with E-state index in [0.717, 1.165) is 35.5 Å². The molecule has 6 nitrogen and oxygen atoms in total. The quantitative estimate of drug-likeness (QED) is 0.640. The van der Waals surface area contributed by atoms with E-state index in [0.29, 0.717) is 30.1 Å². The molecule has 0 saturated carbocycles. The number of ketones is 1. The van der Waals surface area contributed by atoms with Crippen molar-refractivity contribution in [2.24, 2.45) is 5.41 Å². The van der Waals surface area contributed by atoms with Crippen LogP contribution in [0.15, 0.2) is 53.7 Å². The summed E-state index contributed by atoms with van der Waals surface area (Å²) in [7, 11) is 1.60. The number of nitrogens with one attached hydrogen (secondary N) is 1. The van der Waals surface area contributed by atoms with Crippen LogP contribution in [0.5, 0.6) is 11.5 Å². The highest BCUT2D eigenvalue weighted by atomic mass is 16.5. The number of carbonyl (C=O) groups excluding carboxylic acids is 2. The molecule has 6 heteroatoms. The van der Waals surface area contributed by atoms with Crippen LogP contribution in [0.25, 0.3) is 0 Å². The van der Waals surface area contributed by atoms with Crippen LogP contribution in [-0.4, -0.2) is 25.4 Å². The van der Waals surface area contributed by atoms with Crippen LogP contribution in [-0.2, 0) is 9.59 Å². The first-order valence-electron chi connectivity index (χ1n) is 11.5. The Balaban J connectivity index is 1.94. The highest BCUT2D eigenvalue weighted by molar-refractivity contribution is 6.05. The van der Waals surface area contributed by atoms with E-state index < -0.39 is 6.04 Å². The Morgan fingerprint density at radius 2 is 1.91 bits per heavy atom. The summed E-state index contributed by atoms with van der Waals surface area (Å²) in [5.74, 6) is 1.16. The van der Waals surface area contributed by atoms with Gasteiger partial charge in [0, 0.05) is 24.6 Å². The van der Waals surface area contributed by atoms with Crippen molar-refractivity contribution in [2.45, 2.75) is 53.0 Å². The van der Waals surface area contributed by atoms with Crippen molar-refractivity contribution in [3.05, 3.63) is 59.3 Å². The summed E-state index contributed by atoms with van der Waals surface area (Å²) in [5.41, 5.74) is 3.74. The van der Waals surface area contributed by atoms with Crippen LogP contribution in [0.4, 0.5) is 11.4 Å². The van der Waals surface area contributed by atoms with Crippen LogP contribution in [0.1, 0.15) is 58.6 Å². The molecular weight excluding hydrogens is 416 g/mol. The fourth-order valence-electron chi connectivity index (χ4n) is 4.84. The number of hydrogen-bond acceptors (Lipinski definition) is 5. The number of hydrogen-bond donors (Lipinski definition) is 1. The van der Waals surface area contributed by atoms with Gasteiger partial charge >= 0.3 is 0 Å². The zero-order valence-corrected chi connectivity index (χ0v) is 20.0. The van der Waals surface area contributed by atoms with Crippen LogP contribution >= 0.6 is 0 Å². The summed E-state index contributed by atoms with van der Waals surface area (Å²) >= 11 is 0. The van der Waals surface area contributed by atoms with Crippen molar-refractivity contribution in [1.29, 1.82) is 0 Å². The van der Waals surface area contributed by atoms with Crippen LogP contribution < -0.4 is 19.7 Å². The summed E-state index contributed by atoms with van der Waals surface area (Å²) in [6.45, 7) is 8.38. The van der Waals surface area contributed by atoms with Crippen LogP contribution in [0.2, 0.25) is 0 Å². The van der Waals surface area contributed by atoms with Gasteiger partial charge in [-0.05, 0) is 48.1 Å². The standard InChI is InChI=1S/C27H32N2O4/c1-6-13-33-23-12-11-18(14-24(23)32-5)26-25-20(15-27(3,4)16-22(25)31)28-19-9-7-8-10-21(19)29(26)17(2)30/h7-12,14,26,28H,6,13,15-16H2,1-5H3/t26-/m1/s1. The summed E-state index contributed by atoms with van der Waals surface area (Å²) in [6, 6.07) is 12.8. The van der Waals surface area contributed by atoms with Gasteiger partial charge < -0.3 is 14.8 Å². The molecule has 0 aromatic heterocycles. The highest BCUT2D eigenvalue weighted by Gasteiger charge is 2.42. The number of anilines is 2. The molecule has 4 rings (SSSR count). The lowest BCUT2D eigenvalue weighted by Crippen LogP contribution is -2.38. The molecule has 1 aliphatic heterocycles. The molecule has 0 fully saturated rings.